The molecule has 0 unspecified atom stereocenters. The van der Waals surface area contributed by atoms with Gasteiger partial charge in [-0.05, 0) is 36.8 Å². The van der Waals surface area contributed by atoms with Crippen molar-refractivity contribution >= 4 is 23.2 Å². The van der Waals surface area contributed by atoms with Gasteiger partial charge in [0, 0.05) is 42.8 Å². The molecule has 0 aromatic carbocycles. The highest BCUT2D eigenvalue weighted by atomic mass is 32.1. The fourth-order valence-corrected chi connectivity index (χ4v) is 3.43. The van der Waals surface area contributed by atoms with E-state index in [0.717, 1.165) is 38.3 Å². The summed E-state index contributed by atoms with van der Waals surface area (Å²) in [5.74, 6) is 0.884. The molecule has 1 atom stereocenters. The van der Waals surface area contributed by atoms with Crippen molar-refractivity contribution in [1.82, 2.24) is 15.3 Å². The topological polar surface area (TPSA) is 58.1 Å². The molecule has 6 heteroatoms. The van der Waals surface area contributed by atoms with Crippen LogP contribution in [0.3, 0.4) is 0 Å². The van der Waals surface area contributed by atoms with Crippen LogP contribution in [0.25, 0.3) is 0 Å². The average Bonchev–Trinajstić information content (AvgIpc) is 3.08. The van der Waals surface area contributed by atoms with Crippen LogP contribution in [-0.4, -0.2) is 35.0 Å². The molecule has 22 heavy (non-hydrogen) atoms. The third kappa shape index (κ3) is 4.04. The van der Waals surface area contributed by atoms with Gasteiger partial charge in [0.2, 0.25) is 11.9 Å². The van der Waals surface area contributed by atoms with Gasteiger partial charge in [-0.2, -0.15) is 0 Å². The predicted octanol–water partition coefficient (Wildman–Crippen LogP) is 2.26. The van der Waals surface area contributed by atoms with Gasteiger partial charge in [0.25, 0.3) is 0 Å². The van der Waals surface area contributed by atoms with Crippen molar-refractivity contribution in [2.24, 2.45) is 0 Å². The van der Waals surface area contributed by atoms with E-state index in [4.69, 9.17) is 0 Å². The van der Waals surface area contributed by atoms with E-state index < -0.39 is 0 Å². The van der Waals surface area contributed by atoms with Crippen LogP contribution in [0.4, 0.5) is 5.95 Å². The Hall–Kier alpha value is -1.95. The number of anilines is 1. The number of carbonyl (C=O) groups is 1. The molecule has 5 nitrogen and oxygen atoms in total. The number of nitrogens with one attached hydrogen (secondary N) is 1. The Kier molecular flexibility index (Phi) is 5.00. The molecule has 1 fully saturated rings. The van der Waals surface area contributed by atoms with Gasteiger partial charge in [0.05, 0.1) is 0 Å². The summed E-state index contributed by atoms with van der Waals surface area (Å²) in [5.41, 5.74) is 0. The van der Waals surface area contributed by atoms with Crippen LogP contribution in [0.15, 0.2) is 36.0 Å². The van der Waals surface area contributed by atoms with Gasteiger partial charge in [0.1, 0.15) is 0 Å². The van der Waals surface area contributed by atoms with Crippen LogP contribution in [0.5, 0.6) is 0 Å². The van der Waals surface area contributed by atoms with Crippen molar-refractivity contribution in [3.8, 4) is 0 Å². The summed E-state index contributed by atoms with van der Waals surface area (Å²) in [6.45, 7) is 1.74. The fraction of sp³-hybridized carbons (Fsp3) is 0.438. The maximum atomic E-state index is 12.1. The van der Waals surface area contributed by atoms with Gasteiger partial charge in [-0.25, -0.2) is 9.97 Å². The molecule has 0 bridgehead atoms. The third-order valence-electron chi connectivity index (χ3n) is 3.80. The zero-order valence-corrected chi connectivity index (χ0v) is 13.3. The summed E-state index contributed by atoms with van der Waals surface area (Å²) in [4.78, 5) is 24.1. The minimum atomic E-state index is 0.134. The second kappa shape index (κ2) is 7.35. The van der Waals surface area contributed by atoms with E-state index in [0.29, 0.717) is 6.42 Å². The van der Waals surface area contributed by atoms with Crippen molar-refractivity contribution in [3.05, 3.63) is 40.8 Å². The summed E-state index contributed by atoms with van der Waals surface area (Å²) in [6, 6.07) is 6.11. The molecule has 2 aromatic rings. The van der Waals surface area contributed by atoms with Gasteiger partial charge >= 0.3 is 0 Å². The standard InChI is InChI=1S/C16H20N4OS/c21-15(7-6-14-5-2-11-22-14)19-13-4-1-10-20(12-13)16-17-8-3-9-18-16/h2-3,5,8-9,11,13H,1,4,6-7,10,12H2,(H,19,21)/t13-/m1/s1. The van der Waals surface area contributed by atoms with E-state index in [1.54, 1.807) is 23.7 Å². The summed E-state index contributed by atoms with van der Waals surface area (Å²) >= 11 is 1.70. The number of hydrogen-bond acceptors (Lipinski definition) is 5. The molecule has 0 spiro atoms. The lowest BCUT2D eigenvalue weighted by Crippen LogP contribution is -2.48. The van der Waals surface area contributed by atoms with Crippen molar-refractivity contribution in [3.63, 3.8) is 0 Å². The second-order valence-corrected chi connectivity index (χ2v) is 6.51. The monoisotopic (exact) mass is 316 g/mol. The van der Waals surface area contributed by atoms with Crippen molar-refractivity contribution in [1.29, 1.82) is 0 Å². The number of nitrogens with zero attached hydrogens (tertiary/aromatic N) is 3. The zero-order chi connectivity index (χ0) is 15.2. The van der Waals surface area contributed by atoms with Crippen LogP contribution in [0.2, 0.25) is 0 Å². The molecule has 1 aliphatic heterocycles. The maximum absolute atomic E-state index is 12.1. The SMILES string of the molecule is O=C(CCc1cccs1)N[C@@H]1CCCN(c2ncccn2)C1. The third-order valence-corrected chi connectivity index (χ3v) is 4.74. The van der Waals surface area contributed by atoms with Gasteiger partial charge in [0.15, 0.2) is 0 Å². The van der Waals surface area contributed by atoms with Crippen LogP contribution < -0.4 is 10.2 Å². The Morgan fingerprint density at radius 1 is 1.36 bits per heavy atom. The Labute approximate surface area is 134 Å². The first-order valence-electron chi connectivity index (χ1n) is 7.65. The molecule has 1 aliphatic rings. The lowest BCUT2D eigenvalue weighted by molar-refractivity contribution is -0.121. The number of piperidine rings is 1. The van der Waals surface area contributed by atoms with Gasteiger partial charge in [-0.3, -0.25) is 4.79 Å². The number of rotatable bonds is 5. The Morgan fingerprint density at radius 3 is 3.00 bits per heavy atom. The van der Waals surface area contributed by atoms with Crippen LogP contribution >= 0.6 is 11.3 Å². The number of aryl methyl sites for hydroxylation is 1. The summed E-state index contributed by atoms with van der Waals surface area (Å²) in [7, 11) is 0. The van der Waals surface area contributed by atoms with Gasteiger partial charge < -0.3 is 10.2 Å². The number of amides is 1. The first kappa shape index (κ1) is 15.0. The van der Waals surface area contributed by atoms with Crippen molar-refractivity contribution < 1.29 is 4.79 Å². The van der Waals surface area contributed by atoms with E-state index in [1.807, 2.05) is 17.5 Å². The number of thiophene rings is 1. The molecule has 1 N–H and O–H groups in total. The normalized spacial score (nSPS) is 18.2. The van der Waals surface area contributed by atoms with Crippen LogP contribution in [0, 0.1) is 0 Å². The van der Waals surface area contributed by atoms with Gasteiger partial charge in [-0.15, -0.1) is 11.3 Å². The molecule has 0 saturated carbocycles. The van der Waals surface area contributed by atoms with E-state index in [2.05, 4.69) is 26.3 Å². The molecule has 0 radical (unpaired) electrons. The average molecular weight is 316 g/mol. The molecule has 0 aliphatic carbocycles. The highest BCUT2D eigenvalue weighted by Gasteiger charge is 2.22. The zero-order valence-electron chi connectivity index (χ0n) is 12.4. The minimum absolute atomic E-state index is 0.134. The van der Waals surface area contributed by atoms with E-state index >= 15 is 0 Å². The molecule has 1 amide bonds. The van der Waals surface area contributed by atoms with E-state index in [1.165, 1.54) is 4.88 Å². The lowest BCUT2D eigenvalue weighted by Gasteiger charge is -2.33. The highest BCUT2D eigenvalue weighted by Crippen LogP contribution is 2.16. The fourth-order valence-electron chi connectivity index (χ4n) is 2.72. The number of aromatic nitrogens is 2. The number of hydrogen-bond donors (Lipinski definition) is 1. The minimum Gasteiger partial charge on any atom is -0.352 e. The molecular formula is C16H20N4OS. The van der Waals surface area contributed by atoms with Gasteiger partial charge in [-0.1, -0.05) is 6.07 Å². The van der Waals surface area contributed by atoms with E-state index in [-0.39, 0.29) is 11.9 Å². The van der Waals surface area contributed by atoms with Crippen molar-refractivity contribution in [2.45, 2.75) is 31.7 Å². The quantitative estimate of drug-likeness (QED) is 0.919. The number of carbonyl (C=O) groups excluding carboxylic acids is 1. The smallest absolute Gasteiger partial charge is 0.225 e. The van der Waals surface area contributed by atoms with E-state index in [9.17, 15) is 4.79 Å². The van der Waals surface area contributed by atoms with Crippen LogP contribution in [-0.2, 0) is 11.2 Å². The lowest BCUT2D eigenvalue weighted by atomic mass is 10.1. The summed E-state index contributed by atoms with van der Waals surface area (Å²) in [6.07, 6.45) is 6.96. The second-order valence-electron chi connectivity index (χ2n) is 5.48. The predicted molar refractivity (Wildman–Crippen MR) is 88.0 cm³/mol. The molecular weight excluding hydrogens is 296 g/mol. The molecule has 1 saturated heterocycles. The first-order chi connectivity index (χ1) is 10.8. The van der Waals surface area contributed by atoms with Crippen LogP contribution in [0.1, 0.15) is 24.1 Å². The summed E-state index contributed by atoms with van der Waals surface area (Å²) < 4.78 is 0. The molecule has 2 aromatic heterocycles. The Balaban J connectivity index is 1.48. The first-order valence-corrected chi connectivity index (χ1v) is 8.53. The van der Waals surface area contributed by atoms with Crippen molar-refractivity contribution in [2.75, 3.05) is 18.0 Å². The highest BCUT2D eigenvalue weighted by molar-refractivity contribution is 7.09. The Morgan fingerprint density at radius 2 is 2.23 bits per heavy atom. The molecule has 116 valence electrons. The molecule has 3 heterocycles. The maximum Gasteiger partial charge on any atom is 0.225 e. The summed E-state index contributed by atoms with van der Waals surface area (Å²) in [5, 5.41) is 5.20. The molecule has 3 rings (SSSR count). The largest absolute Gasteiger partial charge is 0.352 e. The Bertz CT molecular complexity index is 587.